The van der Waals surface area contributed by atoms with Crippen molar-refractivity contribution in [1.29, 1.82) is 0 Å². The third-order valence-corrected chi connectivity index (χ3v) is 3.39. The van der Waals surface area contributed by atoms with Crippen molar-refractivity contribution in [2.45, 2.75) is 45.4 Å². The minimum absolute atomic E-state index is 0.103. The maximum Gasteiger partial charge on any atom is 0.181 e. The highest BCUT2D eigenvalue weighted by Crippen LogP contribution is 2.30. The summed E-state index contributed by atoms with van der Waals surface area (Å²) >= 11 is 0. The molecular weight excluding hydrogens is 216 g/mol. The Morgan fingerprint density at radius 2 is 2.00 bits per heavy atom. The maximum absolute atomic E-state index is 9.79. The van der Waals surface area contributed by atoms with Crippen molar-refractivity contribution < 1.29 is 14.6 Å². The van der Waals surface area contributed by atoms with Crippen molar-refractivity contribution in [3.05, 3.63) is 35.9 Å². The molecule has 3 nitrogen and oxygen atoms in total. The molecule has 1 aromatic carbocycles. The van der Waals surface area contributed by atoms with E-state index in [0.717, 1.165) is 12.0 Å². The molecule has 4 atom stereocenters. The minimum Gasteiger partial charge on any atom is -0.368 e. The predicted octanol–water partition coefficient (Wildman–Crippen LogP) is 2.34. The van der Waals surface area contributed by atoms with Crippen molar-refractivity contribution >= 4 is 0 Å². The van der Waals surface area contributed by atoms with Crippen LogP contribution >= 0.6 is 0 Å². The molecule has 17 heavy (non-hydrogen) atoms. The van der Waals surface area contributed by atoms with Crippen LogP contribution in [-0.4, -0.2) is 23.6 Å². The molecule has 1 N–H and O–H groups in total. The molecule has 0 aliphatic carbocycles. The Hall–Kier alpha value is -0.900. The first-order chi connectivity index (χ1) is 8.22. The number of rotatable bonds is 4. The van der Waals surface area contributed by atoms with E-state index in [9.17, 15) is 5.11 Å². The van der Waals surface area contributed by atoms with E-state index in [1.54, 1.807) is 0 Å². The van der Waals surface area contributed by atoms with Crippen LogP contribution in [0.5, 0.6) is 0 Å². The SMILES string of the molecule is CC[C@@H]1OC(O)[C@H](OCc2ccccc2)[C@@H]1C. The molecule has 1 unspecified atom stereocenters. The third-order valence-electron chi connectivity index (χ3n) is 3.39. The van der Waals surface area contributed by atoms with Gasteiger partial charge in [-0.05, 0) is 12.0 Å². The van der Waals surface area contributed by atoms with E-state index in [2.05, 4.69) is 13.8 Å². The number of aliphatic hydroxyl groups excluding tert-OH is 1. The van der Waals surface area contributed by atoms with E-state index in [4.69, 9.17) is 9.47 Å². The summed E-state index contributed by atoms with van der Waals surface area (Å²) in [6, 6.07) is 9.98. The lowest BCUT2D eigenvalue weighted by Gasteiger charge is -2.18. The summed E-state index contributed by atoms with van der Waals surface area (Å²) in [6.45, 7) is 4.65. The molecule has 0 bridgehead atoms. The van der Waals surface area contributed by atoms with E-state index >= 15 is 0 Å². The topological polar surface area (TPSA) is 38.7 Å². The van der Waals surface area contributed by atoms with Gasteiger partial charge in [0.2, 0.25) is 0 Å². The zero-order valence-electron chi connectivity index (χ0n) is 10.4. The van der Waals surface area contributed by atoms with Gasteiger partial charge in [-0.1, -0.05) is 44.2 Å². The zero-order valence-corrected chi connectivity index (χ0v) is 10.4. The fourth-order valence-electron chi connectivity index (χ4n) is 2.32. The van der Waals surface area contributed by atoms with Gasteiger partial charge >= 0.3 is 0 Å². The van der Waals surface area contributed by atoms with Gasteiger partial charge in [0, 0.05) is 5.92 Å². The van der Waals surface area contributed by atoms with E-state index in [0.29, 0.717) is 6.61 Å². The molecule has 1 aromatic rings. The van der Waals surface area contributed by atoms with Gasteiger partial charge in [0.1, 0.15) is 6.10 Å². The van der Waals surface area contributed by atoms with Crippen LogP contribution in [0.4, 0.5) is 0 Å². The zero-order chi connectivity index (χ0) is 12.3. The van der Waals surface area contributed by atoms with E-state index < -0.39 is 6.29 Å². The van der Waals surface area contributed by atoms with Crippen LogP contribution in [0, 0.1) is 5.92 Å². The average molecular weight is 236 g/mol. The van der Waals surface area contributed by atoms with Gasteiger partial charge in [-0.25, -0.2) is 0 Å². The lowest BCUT2D eigenvalue weighted by Crippen LogP contribution is -2.28. The van der Waals surface area contributed by atoms with Crippen LogP contribution < -0.4 is 0 Å². The molecular formula is C14H20O3. The number of hydrogen-bond donors (Lipinski definition) is 1. The van der Waals surface area contributed by atoms with Crippen LogP contribution in [0.25, 0.3) is 0 Å². The summed E-state index contributed by atoms with van der Waals surface area (Å²) in [5.41, 5.74) is 1.12. The molecule has 0 aromatic heterocycles. The number of ether oxygens (including phenoxy) is 2. The fraction of sp³-hybridized carbons (Fsp3) is 0.571. The van der Waals surface area contributed by atoms with Crippen molar-refractivity contribution in [2.75, 3.05) is 0 Å². The van der Waals surface area contributed by atoms with E-state index in [1.807, 2.05) is 30.3 Å². The van der Waals surface area contributed by atoms with Gasteiger partial charge in [-0.3, -0.25) is 0 Å². The van der Waals surface area contributed by atoms with Gasteiger partial charge in [0.05, 0.1) is 12.7 Å². The molecule has 0 saturated carbocycles. The van der Waals surface area contributed by atoms with Crippen LogP contribution in [0.15, 0.2) is 30.3 Å². The second-order valence-electron chi connectivity index (χ2n) is 4.59. The molecule has 1 saturated heterocycles. The molecule has 1 aliphatic rings. The smallest absolute Gasteiger partial charge is 0.181 e. The van der Waals surface area contributed by atoms with Crippen molar-refractivity contribution in [1.82, 2.24) is 0 Å². The number of aliphatic hydroxyl groups is 1. The summed E-state index contributed by atoms with van der Waals surface area (Å²) in [7, 11) is 0. The number of benzene rings is 1. The highest BCUT2D eigenvalue weighted by Gasteiger charge is 2.40. The van der Waals surface area contributed by atoms with Crippen molar-refractivity contribution in [3.63, 3.8) is 0 Å². The van der Waals surface area contributed by atoms with E-state index in [-0.39, 0.29) is 18.1 Å². The molecule has 2 rings (SSSR count). The maximum atomic E-state index is 9.79. The minimum atomic E-state index is -0.793. The Balaban J connectivity index is 1.91. The summed E-state index contributed by atoms with van der Waals surface area (Å²) in [5.74, 6) is 0.235. The first-order valence-electron chi connectivity index (χ1n) is 6.21. The van der Waals surface area contributed by atoms with Crippen LogP contribution in [0.3, 0.4) is 0 Å². The average Bonchev–Trinajstić information content (AvgIpc) is 2.63. The largest absolute Gasteiger partial charge is 0.368 e. The highest BCUT2D eigenvalue weighted by atomic mass is 16.6. The number of hydrogen-bond acceptors (Lipinski definition) is 3. The summed E-state index contributed by atoms with van der Waals surface area (Å²) in [5, 5.41) is 9.79. The first kappa shape index (κ1) is 12.6. The summed E-state index contributed by atoms with van der Waals surface area (Å²) in [6.07, 6.45) is -0.00624. The Labute approximate surface area is 102 Å². The quantitative estimate of drug-likeness (QED) is 0.872. The second kappa shape index (κ2) is 5.63. The Morgan fingerprint density at radius 1 is 1.29 bits per heavy atom. The van der Waals surface area contributed by atoms with Crippen molar-refractivity contribution in [3.8, 4) is 0 Å². The monoisotopic (exact) mass is 236 g/mol. The second-order valence-corrected chi connectivity index (χ2v) is 4.59. The highest BCUT2D eigenvalue weighted by molar-refractivity contribution is 5.13. The molecule has 94 valence electrons. The Kier molecular flexibility index (Phi) is 4.15. The summed E-state index contributed by atoms with van der Waals surface area (Å²) < 4.78 is 11.2. The third kappa shape index (κ3) is 2.86. The van der Waals surface area contributed by atoms with Gasteiger partial charge in [-0.15, -0.1) is 0 Å². The normalized spacial score (nSPS) is 32.9. The molecule has 3 heteroatoms. The predicted molar refractivity (Wildman–Crippen MR) is 65.4 cm³/mol. The summed E-state index contributed by atoms with van der Waals surface area (Å²) in [4.78, 5) is 0. The molecule has 1 fully saturated rings. The lowest BCUT2D eigenvalue weighted by molar-refractivity contribution is -0.145. The Bertz CT molecular complexity index is 339. The molecule has 0 amide bonds. The van der Waals surface area contributed by atoms with Gasteiger partial charge in [0.15, 0.2) is 6.29 Å². The fourth-order valence-corrected chi connectivity index (χ4v) is 2.32. The van der Waals surface area contributed by atoms with Gasteiger partial charge in [-0.2, -0.15) is 0 Å². The van der Waals surface area contributed by atoms with Crippen LogP contribution in [0.2, 0.25) is 0 Å². The van der Waals surface area contributed by atoms with Gasteiger partial charge in [0.25, 0.3) is 0 Å². The molecule has 1 aliphatic heterocycles. The lowest BCUT2D eigenvalue weighted by atomic mass is 9.99. The molecule has 0 radical (unpaired) electrons. The van der Waals surface area contributed by atoms with Crippen molar-refractivity contribution in [2.24, 2.45) is 5.92 Å². The first-order valence-corrected chi connectivity index (χ1v) is 6.21. The molecule has 1 heterocycles. The van der Waals surface area contributed by atoms with Crippen LogP contribution in [-0.2, 0) is 16.1 Å². The Morgan fingerprint density at radius 3 is 2.59 bits per heavy atom. The standard InChI is InChI=1S/C14H20O3/c1-3-12-10(2)13(14(15)17-12)16-9-11-7-5-4-6-8-11/h4-8,10,12-15H,3,9H2,1-2H3/t10-,12+,13-,14?/m1/s1. The van der Waals surface area contributed by atoms with Crippen LogP contribution in [0.1, 0.15) is 25.8 Å². The van der Waals surface area contributed by atoms with Gasteiger partial charge < -0.3 is 14.6 Å². The van der Waals surface area contributed by atoms with E-state index in [1.165, 1.54) is 0 Å². The molecule has 0 spiro atoms.